The molecular weight excluding hydrogens is 641 g/mol. The Bertz CT molecular complexity index is 1650. The monoisotopic (exact) mass is 717 g/mol. The van der Waals surface area contributed by atoms with E-state index in [1.165, 1.54) is 92.0 Å². The van der Waals surface area contributed by atoms with Gasteiger partial charge in [-0.1, -0.05) is 186 Å². The van der Waals surface area contributed by atoms with Crippen molar-refractivity contribution in [2.24, 2.45) is 5.92 Å². The molecule has 3 aromatic carbocycles. The number of rotatable bonds is 16. The number of aryl methyl sites for hydroxylation is 4. The van der Waals surface area contributed by atoms with E-state index < -0.39 is 8.07 Å². The molecule has 1 aliphatic rings. The number of hydrogen-bond acceptors (Lipinski definition) is 0. The second-order valence-corrected chi connectivity index (χ2v) is 22.3. The third-order valence-corrected chi connectivity index (χ3v) is 17.6. The summed E-state index contributed by atoms with van der Waals surface area (Å²) >= 11 is 0. The SMILES string of the molecule is CCCCCCc1cc(CCCCCC)cc([Si](C2=C(C)C(C)=C(C)C2C)(c2cc(CC)cc(CC)c2)c2cc(C(C)(C)C)cc(C(C)(C)C)c2)c1. The fourth-order valence-electron chi connectivity index (χ4n) is 8.81. The quantitative estimate of drug-likeness (QED) is 0.0786. The summed E-state index contributed by atoms with van der Waals surface area (Å²) < 4.78 is 0. The van der Waals surface area contributed by atoms with E-state index in [4.69, 9.17) is 0 Å². The molecule has 4 rings (SSSR count). The molecular formula is C51H76Si. The van der Waals surface area contributed by atoms with E-state index in [1.54, 1.807) is 43.0 Å². The molecule has 52 heavy (non-hydrogen) atoms. The fourth-order valence-corrected chi connectivity index (χ4v) is 14.7. The van der Waals surface area contributed by atoms with Crippen LogP contribution in [0, 0.1) is 5.92 Å². The molecule has 0 heterocycles. The standard InChI is InChI=1S/C51H76Si/c1-15-19-21-23-25-42-28-43(26-24-22-20-16-2)32-47(31-42)52(49-38(7)36(5)37(6)39(49)8,46-29-40(17-3)27-41(18-4)30-46)48-34-44(50(9,10)11)33-45(35-48)51(12,13)14/h27-35,38H,15-26H2,1-14H3. The minimum atomic E-state index is -2.85. The van der Waals surface area contributed by atoms with Crippen LogP contribution in [0.3, 0.4) is 0 Å². The lowest BCUT2D eigenvalue weighted by Crippen LogP contribution is -2.70. The predicted molar refractivity (Wildman–Crippen MR) is 236 cm³/mol. The molecule has 0 bridgehead atoms. The first-order valence-corrected chi connectivity index (χ1v) is 23.3. The molecule has 3 aromatic rings. The molecule has 284 valence electrons. The highest BCUT2D eigenvalue weighted by atomic mass is 28.3. The summed E-state index contributed by atoms with van der Waals surface area (Å²) in [5, 5.41) is 6.53. The maximum absolute atomic E-state index is 2.85. The highest BCUT2D eigenvalue weighted by Gasteiger charge is 2.49. The van der Waals surface area contributed by atoms with Crippen molar-refractivity contribution in [3.8, 4) is 0 Å². The van der Waals surface area contributed by atoms with Gasteiger partial charge < -0.3 is 0 Å². The Labute approximate surface area is 323 Å². The van der Waals surface area contributed by atoms with Crippen LogP contribution in [-0.4, -0.2) is 8.07 Å². The van der Waals surface area contributed by atoms with E-state index in [2.05, 4.69) is 152 Å². The van der Waals surface area contributed by atoms with Crippen molar-refractivity contribution in [3.63, 3.8) is 0 Å². The van der Waals surface area contributed by atoms with Crippen LogP contribution in [0.1, 0.15) is 182 Å². The van der Waals surface area contributed by atoms with Gasteiger partial charge in [-0.2, -0.15) is 0 Å². The lowest BCUT2D eigenvalue weighted by Gasteiger charge is -2.41. The zero-order valence-corrected chi connectivity index (χ0v) is 37.3. The molecule has 1 aliphatic carbocycles. The molecule has 0 aromatic heterocycles. The minimum absolute atomic E-state index is 0.0381. The Morgan fingerprint density at radius 1 is 0.481 bits per heavy atom. The second kappa shape index (κ2) is 17.7. The second-order valence-electron chi connectivity index (χ2n) is 18.5. The number of benzene rings is 3. The summed E-state index contributed by atoms with van der Waals surface area (Å²) in [6.07, 6.45) is 14.9. The fraction of sp³-hybridized carbons (Fsp3) is 0.569. The summed E-state index contributed by atoms with van der Waals surface area (Å²) in [6.45, 7) is 33.7. The van der Waals surface area contributed by atoms with Gasteiger partial charge in [0.2, 0.25) is 0 Å². The third kappa shape index (κ3) is 9.17. The molecule has 0 amide bonds. The molecule has 2 atom stereocenters. The number of unbranched alkanes of at least 4 members (excludes halogenated alkanes) is 6. The van der Waals surface area contributed by atoms with E-state index in [0.29, 0.717) is 5.92 Å². The van der Waals surface area contributed by atoms with Gasteiger partial charge in [0.25, 0.3) is 0 Å². The third-order valence-electron chi connectivity index (χ3n) is 12.6. The number of hydrogen-bond donors (Lipinski definition) is 0. The Hall–Kier alpha value is -2.64. The molecule has 0 saturated carbocycles. The molecule has 0 aliphatic heterocycles. The average Bonchev–Trinajstić information content (AvgIpc) is 3.30. The lowest BCUT2D eigenvalue weighted by molar-refractivity contribution is 0.569. The van der Waals surface area contributed by atoms with Crippen molar-refractivity contribution >= 4 is 23.6 Å². The highest BCUT2D eigenvalue weighted by molar-refractivity contribution is 7.16. The van der Waals surface area contributed by atoms with E-state index in [9.17, 15) is 0 Å². The topological polar surface area (TPSA) is 0 Å². The smallest absolute Gasteiger partial charge is 0.0654 e. The Balaban J connectivity index is 2.27. The average molecular weight is 717 g/mol. The van der Waals surface area contributed by atoms with Gasteiger partial charge in [-0.25, -0.2) is 0 Å². The molecule has 0 nitrogen and oxygen atoms in total. The van der Waals surface area contributed by atoms with E-state index in [0.717, 1.165) is 12.8 Å². The van der Waals surface area contributed by atoms with Crippen LogP contribution in [0.25, 0.3) is 0 Å². The zero-order chi connectivity index (χ0) is 38.4. The first-order valence-electron chi connectivity index (χ1n) is 21.3. The van der Waals surface area contributed by atoms with Crippen molar-refractivity contribution < 1.29 is 0 Å². The van der Waals surface area contributed by atoms with E-state index in [-0.39, 0.29) is 10.8 Å². The Kier molecular flexibility index (Phi) is 14.3. The van der Waals surface area contributed by atoms with Gasteiger partial charge in [-0.05, 0) is 131 Å². The van der Waals surface area contributed by atoms with Gasteiger partial charge in [0, 0.05) is 0 Å². The lowest BCUT2D eigenvalue weighted by atomic mass is 9.81. The van der Waals surface area contributed by atoms with Crippen molar-refractivity contribution in [1.29, 1.82) is 0 Å². The molecule has 0 spiro atoms. The van der Waals surface area contributed by atoms with Crippen LogP contribution in [0.2, 0.25) is 0 Å². The minimum Gasteiger partial charge on any atom is -0.0654 e. The van der Waals surface area contributed by atoms with Crippen LogP contribution in [-0.2, 0) is 36.5 Å². The summed E-state index contributed by atoms with van der Waals surface area (Å²) in [5.74, 6) is 0.402. The highest BCUT2D eigenvalue weighted by Crippen LogP contribution is 2.42. The molecule has 0 saturated heterocycles. The van der Waals surface area contributed by atoms with Crippen molar-refractivity contribution in [2.45, 2.75) is 185 Å². The predicted octanol–water partition coefficient (Wildman–Crippen LogP) is 13.0. The maximum atomic E-state index is 2.73. The largest absolute Gasteiger partial charge is 0.176 e. The summed E-state index contributed by atoms with van der Waals surface area (Å²) in [4.78, 5) is 0. The summed E-state index contributed by atoms with van der Waals surface area (Å²) in [6, 6.07) is 23.8. The maximum Gasteiger partial charge on any atom is 0.176 e. The van der Waals surface area contributed by atoms with Crippen LogP contribution in [0.4, 0.5) is 0 Å². The molecule has 1 heteroatoms. The zero-order valence-electron chi connectivity index (χ0n) is 36.3. The van der Waals surface area contributed by atoms with Crippen molar-refractivity contribution in [1.82, 2.24) is 0 Å². The van der Waals surface area contributed by atoms with Gasteiger partial charge in [-0.15, -0.1) is 0 Å². The molecule has 2 unspecified atom stereocenters. The molecule has 0 radical (unpaired) electrons. The van der Waals surface area contributed by atoms with Gasteiger partial charge in [0.1, 0.15) is 0 Å². The van der Waals surface area contributed by atoms with Crippen LogP contribution < -0.4 is 15.6 Å². The van der Waals surface area contributed by atoms with Gasteiger partial charge in [0.15, 0.2) is 8.07 Å². The Morgan fingerprint density at radius 3 is 1.25 bits per heavy atom. The van der Waals surface area contributed by atoms with E-state index >= 15 is 0 Å². The van der Waals surface area contributed by atoms with Crippen LogP contribution >= 0.6 is 0 Å². The molecule has 0 N–H and O–H groups in total. The van der Waals surface area contributed by atoms with Crippen molar-refractivity contribution in [3.05, 3.63) is 110 Å². The first kappa shape index (κ1) is 42.1. The van der Waals surface area contributed by atoms with Crippen LogP contribution in [0.5, 0.6) is 0 Å². The summed E-state index contributed by atoms with van der Waals surface area (Å²) in [7, 11) is -2.85. The van der Waals surface area contributed by atoms with Crippen molar-refractivity contribution in [2.75, 3.05) is 0 Å². The Morgan fingerprint density at radius 2 is 0.885 bits per heavy atom. The van der Waals surface area contributed by atoms with E-state index in [1.807, 2.05) is 0 Å². The number of allylic oxidation sites excluding steroid dienone is 4. The normalized spacial score (nSPS) is 16.6. The van der Waals surface area contributed by atoms with Gasteiger partial charge in [0.05, 0.1) is 0 Å². The first-order chi connectivity index (χ1) is 24.5. The molecule has 0 fully saturated rings. The van der Waals surface area contributed by atoms with Crippen LogP contribution in [0.15, 0.2) is 76.5 Å². The van der Waals surface area contributed by atoms with Gasteiger partial charge in [-0.3, -0.25) is 0 Å². The van der Waals surface area contributed by atoms with Gasteiger partial charge >= 0.3 is 0 Å². The summed E-state index contributed by atoms with van der Waals surface area (Å²) in [5.41, 5.74) is 13.7.